The van der Waals surface area contributed by atoms with Gasteiger partial charge in [-0.1, -0.05) is 24.3 Å². The van der Waals surface area contributed by atoms with Crippen molar-refractivity contribution in [2.45, 2.75) is 18.9 Å². The van der Waals surface area contributed by atoms with E-state index in [4.69, 9.17) is 5.41 Å². The van der Waals surface area contributed by atoms with E-state index < -0.39 is 0 Å². The van der Waals surface area contributed by atoms with Gasteiger partial charge in [-0.15, -0.1) is 6.58 Å². The minimum atomic E-state index is -0.117. The van der Waals surface area contributed by atoms with Crippen LogP contribution in [0.4, 0.5) is 22.7 Å². The number of nitrogens with one attached hydrogen (secondary N) is 4. The molecule has 4 rings (SSSR count). The molecular weight excluding hydrogens is 362 g/mol. The Hall–Kier alpha value is -3.54. The Balaban J connectivity index is 1.79. The number of nitrogens with zero attached hydrogens (tertiary/aromatic N) is 1. The van der Waals surface area contributed by atoms with Gasteiger partial charge in [0.25, 0.3) is 0 Å². The van der Waals surface area contributed by atoms with Crippen LogP contribution in [0, 0.1) is 5.41 Å². The first kappa shape index (κ1) is 18.8. The van der Waals surface area contributed by atoms with Crippen LogP contribution in [0.3, 0.4) is 0 Å². The number of hydrogen-bond acceptors (Lipinski definition) is 5. The molecule has 0 aromatic heterocycles. The first-order valence-electron chi connectivity index (χ1n) is 9.75. The van der Waals surface area contributed by atoms with Crippen molar-refractivity contribution in [1.82, 2.24) is 5.32 Å². The topological polar surface area (TPSA) is 80.2 Å². The predicted octanol–water partition coefficient (Wildman–Crippen LogP) is 3.90. The summed E-state index contributed by atoms with van der Waals surface area (Å²) in [5.74, 6) is -0.0183. The van der Waals surface area contributed by atoms with Gasteiger partial charge in [-0.3, -0.25) is 4.79 Å². The first-order valence-corrected chi connectivity index (χ1v) is 9.75. The van der Waals surface area contributed by atoms with Gasteiger partial charge in [0, 0.05) is 37.3 Å². The van der Waals surface area contributed by atoms with E-state index in [0.717, 1.165) is 46.9 Å². The van der Waals surface area contributed by atoms with Gasteiger partial charge < -0.3 is 26.3 Å². The molecule has 6 heteroatoms. The lowest BCUT2D eigenvalue weighted by molar-refractivity contribution is -0.116. The number of rotatable bonds is 5. The van der Waals surface area contributed by atoms with Gasteiger partial charge >= 0.3 is 0 Å². The minimum Gasteiger partial charge on any atom is -0.393 e. The highest BCUT2D eigenvalue weighted by molar-refractivity contribution is 6.08. The Morgan fingerprint density at radius 3 is 2.93 bits per heavy atom. The molecule has 1 atom stereocenters. The highest BCUT2D eigenvalue weighted by Gasteiger charge is 2.27. The Morgan fingerprint density at radius 1 is 1.31 bits per heavy atom. The van der Waals surface area contributed by atoms with Crippen molar-refractivity contribution in [3.63, 3.8) is 0 Å². The number of allylic oxidation sites excluding steroid dienone is 1. The van der Waals surface area contributed by atoms with Crippen LogP contribution < -0.4 is 20.9 Å². The monoisotopic (exact) mass is 387 g/mol. The standard InChI is InChI=1S/C23H25N5O/c1-3-18-12-22(29)27-19-5-4-6-20(23(19)26-18)28-10-9-15-7-8-16(11-21(15)28)17(13-24)14-25-2/h3-8,11,13-14,18,24-26H,1,9-10,12H2,2H3,(H,27,29)/b17-14+,24-13?/t18-/m1/s1. The summed E-state index contributed by atoms with van der Waals surface area (Å²) in [5.41, 5.74) is 6.96. The van der Waals surface area contributed by atoms with E-state index in [-0.39, 0.29) is 11.9 Å². The van der Waals surface area contributed by atoms with E-state index in [1.165, 1.54) is 11.8 Å². The summed E-state index contributed by atoms with van der Waals surface area (Å²) >= 11 is 0. The molecule has 0 fully saturated rings. The van der Waals surface area contributed by atoms with Crippen molar-refractivity contribution in [2.75, 3.05) is 29.1 Å². The normalized spacial score (nSPS) is 18.1. The molecule has 1 amide bonds. The summed E-state index contributed by atoms with van der Waals surface area (Å²) in [4.78, 5) is 14.5. The maximum absolute atomic E-state index is 12.2. The van der Waals surface area contributed by atoms with E-state index in [2.05, 4.69) is 51.7 Å². The molecule has 2 aromatic rings. The molecular formula is C23H25N5O. The molecule has 6 nitrogen and oxygen atoms in total. The summed E-state index contributed by atoms with van der Waals surface area (Å²) in [6, 6.07) is 12.2. The summed E-state index contributed by atoms with van der Waals surface area (Å²) in [6.45, 7) is 4.73. The fraction of sp³-hybridized carbons (Fsp3) is 0.217. The van der Waals surface area contributed by atoms with E-state index in [0.29, 0.717) is 6.42 Å². The third kappa shape index (κ3) is 3.49. The van der Waals surface area contributed by atoms with Crippen LogP contribution >= 0.6 is 0 Å². The van der Waals surface area contributed by atoms with Gasteiger partial charge in [-0.05, 0) is 35.7 Å². The third-order valence-corrected chi connectivity index (χ3v) is 5.40. The molecule has 0 unspecified atom stereocenters. The number of para-hydroxylation sites is 1. The van der Waals surface area contributed by atoms with Crippen LogP contribution in [-0.4, -0.2) is 31.8 Å². The highest BCUT2D eigenvalue weighted by Crippen LogP contribution is 2.43. The number of anilines is 4. The van der Waals surface area contributed by atoms with E-state index in [9.17, 15) is 4.79 Å². The van der Waals surface area contributed by atoms with E-state index >= 15 is 0 Å². The van der Waals surface area contributed by atoms with Gasteiger partial charge in [0.1, 0.15) is 0 Å². The van der Waals surface area contributed by atoms with Crippen molar-refractivity contribution in [2.24, 2.45) is 0 Å². The van der Waals surface area contributed by atoms with Gasteiger partial charge in [-0.2, -0.15) is 0 Å². The van der Waals surface area contributed by atoms with Crippen molar-refractivity contribution >= 4 is 40.4 Å². The molecule has 2 aromatic carbocycles. The van der Waals surface area contributed by atoms with Gasteiger partial charge in [-0.25, -0.2) is 0 Å². The predicted molar refractivity (Wildman–Crippen MR) is 120 cm³/mol. The van der Waals surface area contributed by atoms with Crippen LogP contribution in [0.5, 0.6) is 0 Å². The molecule has 29 heavy (non-hydrogen) atoms. The van der Waals surface area contributed by atoms with Gasteiger partial charge in [0.05, 0.1) is 29.5 Å². The summed E-state index contributed by atoms with van der Waals surface area (Å²) in [5, 5.41) is 17.2. The third-order valence-electron chi connectivity index (χ3n) is 5.40. The lowest BCUT2D eigenvalue weighted by Crippen LogP contribution is -2.21. The average Bonchev–Trinajstić information content (AvgIpc) is 3.07. The highest BCUT2D eigenvalue weighted by atomic mass is 16.1. The number of carbonyl (C=O) groups is 1. The van der Waals surface area contributed by atoms with E-state index in [1.807, 2.05) is 25.4 Å². The van der Waals surface area contributed by atoms with Crippen molar-refractivity contribution in [3.05, 3.63) is 66.4 Å². The largest absolute Gasteiger partial charge is 0.393 e. The zero-order valence-corrected chi connectivity index (χ0v) is 16.5. The van der Waals surface area contributed by atoms with Crippen molar-refractivity contribution in [1.29, 1.82) is 5.41 Å². The van der Waals surface area contributed by atoms with Crippen molar-refractivity contribution in [3.8, 4) is 0 Å². The molecule has 0 spiro atoms. The average molecular weight is 387 g/mol. The molecule has 0 aliphatic carbocycles. The van der Waals surface area contributed by atoms with Gasteiger partial charge in [0.15, 0.2) is 0 Å². The molecule has 4 N–H and O–H groups in total. The van der Waals surface area contributed by atoms with Crippen molar-refractivity contribution < 1.29 is 4.79 Å². The Bertz CT molecular complexity index is 1010. The Morgan fingerprint density at radius 2 is 2.17 bits per heavy atom. The van der Waals surface area contributed by atoms with Crippen LogP contribution in [0.1, 0.15) is 17.5 Å². The van der Waals surface area contributed by atoms with Crippen LogP contribution in [-0.2, 0) is 11.2 Å². The lowest BCUT2D eigenvalue weighted by atomic mass is 10.0. The second-order valence-corrected chi connectivity index (χ2v) is 7.22. The molecule has 148 valence electrons. The zero-order chi connectivity index (χ0) is 20.4. The second kappa shape index (κ2) is 7.83. The summed E-state index contributed by atoms with van der Waals surface area (Å²) in [7, 11) is 1.83. The molecule has 0 saturated heterocycles. The number of fused-ring (bicyclic) bond motifs is 2. The zero-order valence-electron chi connectivity index (χ0n) is 16.5. The Kier molecular flexibility index (Phi) is 5.08. The second-order valence-electron chi connectivity index (χ2n) is 7.22. The Labute approximate surface area is 170 Å². The van der Waals surface area contributed by atoms with Crippen LogP contribution in [0.25, 0.3) is 5.57 Å². The molecule has 0 radical (unpaired) electrons. The quantitative estimate of drug-likeness (QED) is 0.463. The van der Waals surface area contributed by atoms with E-state index in [1.54, 1.807) is 6.08 Å². The number of hydrogen-bond donors (Lipinski definition) is 4. The smallest absolute Gasteiger partial charge is 0.226 e. The number of benzene rings is 2. The van der Waals surface area contributed by atoms with Crippen LogP contribution in [0.15, 0.2) is 55.3 Å². The fourth-order valence-corrected chi connectivity index (χ4v) is 3.97. The summed E-state index contributed by atoms with van der Waals surface area (Å²) in [6.07, 6.45) is 6.27. The van der Waals surface area contributed by atoms with Gasteiger partial charge in [0.2, 0.25) is 5.91 Å². The summed E-state index contributed by atoms with van der Waals surface area (Å²) < 4.78 is 0. The van der Waals surface area contributed by atoms with Crippen LogP contribution in [0.2, 0.25) is 0 Å². The first-order chi connectivity index (χ1) is 14.1. The molecule has 2 heterocycles. The molecule has 0 bridgehead atoms. The lowest BCUT2D eigenvalue weighted by Gasteiger charge is -2.26. The number of amides is 1. The molecule has 2 aliphatic rings. The maximum Gasteiger partial charge on any atom is 0.226 e. The molecule has 2 aliphatic heterocycles. The minimum absolute atomic E-state index is 0.0183. The number of carbonyl (C=O) groups excluding carboxylic acids is 1. The SMILES string of the molecule is C=C[C@@H]1CC(=O)Nc2cccc(N3CCc4ccc(/C(C=N)=C/NC)cc43)c2N1. The molecule has 0 saturated carbocycles. The fourth-order valence-electron chi connectivity index (χ4n) is 3.97. The maximum atomic E-state index is 12.2.